The van der Waals surface area contributed by atoms with Gasteiger partial charge >= 0.3 is 6.01 Å². The Morgan fingerprint density at radius 3 is 2.32 bits per heavy atom. The average molecular weight is 277 g/mol. The van der Waals surface area contributed by atoms with Crippen LogP contribution in [0.25, 0.3) is 0 Å². The Hall–Kier alpha value is -1.77. The van der Waals surface area contributed by atoms with Gasteiger partial charge in [-0.15, -0.1) is 0 Å². The summed E-state index contributed by atoms with van der Waals surface area (Å²) in [6.45, 7) is 4.23. The highest BCUT2D eigenvalue weighted by molar-refractivity contribution is 5.35. The zero-order valence-corrected chi connectivity index (χ0v) is 10.7. The van der Waals surface area contributed by atoms with E-state index in [1.54, 1.807) is 6.92 Å². The molecule has 0 spiro atoms. The van der Waals surface area contributed by atoms with Crippen LogP contribution in [0.5, 0.6) is 6.01 Å². The third-order valence-electron chi connectivity index (χ3n) is 1.98. The molecule has 9 heteroatoms. The van der Waals surface area contributed by atoms with Crippen LogP contribution in [0.1, 0.15) is 13.8 Å². The number of hydrogen-bond acceptors (Lipinski definition) is 7. The number of aromatic nitrogens is 3. The van der Waals surface area contributed by atoms with Crippen LogP contribution < -0.4 is 15.4 Å². The molecule has 0 saturated carbocycles. The van der Waals surface area contributed by atoms with Gasteiger partial charge in [0.05, 0.1) is 6.61 Å². The van der Waals surface area contributed by atoms with E-state index in [1.807, 2.05) is 6.92 Å². The molecule has 1 atom stereocenters. The Kier molecular flexibility index (Phi) is 6.13. The highest BCUT2D eigenvalue weighted by Crippen LogP contribution is 2.11. The van der Waals surface area contributed by atoms with Crippen molar-refractivity contribution in [1.82, 2.24) is 15.0 Å². The summed E-state index contributed by atoms with van der Waals surface area (Å²) in [5.41, 5.74) is 0. The molecule has 0 amide bonds. The van der Waals surface area contributed by atoms with Gasteiger partial charge in [-0.05, 0) is 13.8 Å². The van der Waals surface area contributed by atoms with Crippen LogP contribution in [0.4, 0.5) is 20.7 Å². The second-order valence-corrected chi connectivity index (χ2v) is 3.51. The van der Waals surface area contributed by atoms with E-state index in [-0.39, 0.29) is 24.5 Å². The third-order valence-corrected chi connectivity index (χ3v) is 1.98. The smallest absolute Gasteiger partial charge is 0.323 e. The zero-order chi connectivity index (χ0) is 14.3. The number of halogens is 2. The quantitative estimate of drug-likeness (QED) is 0.645. The van der Waals surface area contributed by atoms with E-state index in [0.29, 0.717) is 13.2 Å². The van der Waals surface area contributed by atoms with Crippen LogP contribution in [-0.2, 0) is 0 Å². The van der Waals surface area contributed by atoms with Crippen molar-refractivity contribution in [3.8, 4) is 6.01 Å². The van der Waals surface area contributed by atoms with E-state index in [1.165, 1.54) is 0 Å². The highest BCUT2D eigenvalue weighted by Gasteiger charge is 2.17. The predicted octanol–water partition coefficient (Wildman–Crippen LogP) is 0.740. The predicted molar refractivity (Wildman–Crippen MR) is 65.7 cm³/mol. The topological polar surface area (TPSA) is 92.2 Å². The van der Waals surface area contributed by atoms with Gasteiger partial charge < -0.3 is 20.5 Å². The fraction of sp³-hybridized carbons (Fsp3) is 0.700. The normalized spacial score (nSPS) is 12.3. The van der Waals surface area contributed by atoms with Crippen LogP contribution in [0, 0.1) is 0 Å². The molecule has 108 valence electrons. The van der Waals surface area contributed by atoms with Crippen molar-refractivity contribution in [2.45, 2.75) is 26.4 Å². The molecule has 1 unspecified atom stereocenters. The summed E-state index contributed by atoms with van der Waals surface area (Å²) in [4.78, 5) is 11.8. The van der Waals surface area contributed by atoms with E-state index in [9.17, 15) is 8.78 Å². The number of aliphatic hydroxyl groups excluding tert-OH is 1. The molecule has 0 radical (unpaired) electrons. The number of nitrogens with one attached hydrogen (secondary N) is 2. The van der Waals surface area contributed by atoms with Crippen molar-refractivity contribution in [3.63, 3.8) is 0 Å². The first kappa shape index (κ1) is 15.3. The van der Waals surface area contributed by atoms with E-state index in [0.717, 1.165) is 0 Å². The van der Waals surface area contributed by atoms with E-state index >= 15 is 0 Å². The van der Waals surface area contributed by atoms with Crippen molar-refractivity contribution in [3.05, 3.63) is 0 Å². The third kappa shape index (κ3) is 5.16. The second kappa shape index (κ2) is 7.62. The molecule has 7 nitrogen and oxygen atoms in total. The molecule has 1 aromatic heterocycles. The lowest BCUT2D eigenvalue weighted by molar-refractivity contribution is 0.00376. The maximum atomic E-state index is 12.2. The zero-order valence-electron chi connectivity index (χ0n) is 10.7. The maximum absolute atomic E-state index is 12.2. The maximum Gasteiger partial charge on any atom is 0.323 e. The van der Waals surface area contributed by atoms with Crippen LogP contribution >= 0.6 is 0 Å². The van der Waals surface area contributed by atoms with E-state index < -0.39 is 12.5 Å². The molecule has 0 aliphatic carbocycles. The van der Waals surface area contributed by atoms with Crippen molar-refractivity contribution < 1.29 is 18.6 Å². The Morgan fingerprint density at radius 2 is 1.79 bits per heavy atom. The number of ether oxygens (including phenoxy) is 1. The van der Waals surface area contributed by atoms with Crippen molar-refractivity contribution >= 4 is 11.9 Å². The molecular formula is C10H17F2N5O2. The molecule has 0 aliphatic heterocycles. The summed E-state index contributed by atoms with van der Waals surface area (Å²) in [5.74, 6) is 0.337. The lowest BCUT2D eigenvalue weighted by atomic mass is 10.4. The average Bonchev–Trinajstić information content (AvgIpc) is 2.36. The molecule has 0 aliphatic rings. The Balaban J connectivity index is 2.74. The summed E-state index contributed by atoms with van der Waals surface area (Å²) < 4.78 is 29.4. The molecule has 1 aromatic rings. The fourth-order valence-corrected chi connectivity index (χ4v) is 1.15. The number of aliphatic hydroxyl groups is 1. The number of rotatable bonds is 8. The van der Waals surface area contributed by atoms with Crippen LogP contribution in [0.15, 0.2) is 0 Å². The van der Waals surface area contributed by atoms with E-state index in [2.05, 4.69) is 25.6 Å². The standard InChI is InChI=1S/C10H17F2N5O2/c1-3-13-8-15-9(14-5-6(18)7(11)12)17-10(16-8)19-4-2/h6-7,18H,3-5H2,1-2H3,(H2,13,14,15,16,17). The number of anilines is 2. The number of nitrogens with zero attached hydrogens (tertiary/aromatic N) is 3. The number of hydrogen-bond donors (Lipinski definition) is 3. The van der Waals surface area contributed by atoms with Gasteiger partial charge in [0.15, 0.2) is 0 Å². The van der Waals surface area contributed by atoms with Crippen molar-refractivity contribution in [2.24, 2.45) is 0 Å². The molecule has 0 aromatic carbocycles. The minimum Gasteiger partial charge on any atom is -0.464 e. The summed E-state index contributed by atoms with van der Waals surface area (Å²) in [5, 5.41) is 14.4. The van der Waals surface area contributed by atoms with Gasteiger partial charge in [-0.25, -0.2) is 8.78 Å². The van der Waals surface area contributed by atoms with Gasteiger partial charge in [0.2, 0.25) is 11.9 Å². The molecule has 3 N–H and O–H groups in total. The molecule has 0 bridgehead atoms. The second-order valence-electron chi connectivity index (χ2n) is 3.51. The first-order chi connectivity index (χ1) is 9.06. The SMILES string of the molecule is CCNc1nc(NCC(O)C(F)F)nc(OCC)n1. The van der Waals surface area contributed by atoms with E-state index in [4.69, 9.17) is 9.84 Å². The lowest BCUT2D eigenvalue weighted by Crippen LogP contribution is -2.27. The first-order valence-corrected chi connectivity index (χ1v) is 5.89. The Bertz CT molecular complexity index is 370. The summed E-state index contributed by atoms with van der Waals surface area (Å²) in [6.07, 6.45) is -4.61. The largest absolute Gasteiger partial charge is 0.464 e. The summed E-state index contributed by atoms with van der Waals surface area (Å²) in [6, 6.07) is 0.0856. The molecule has 1 heterocycles. The van der Waals surface area contributed by atoms with Gasteiger partial charge in [-0.2, -0.15) is 15.0 Å². The van der Waals surface area contributed by atoms with Gasteiger partial charge in [0.1, 0.15) is 6.10 Å². The fourth-order valence-electron chi connectivity index (χ4n) is 1.15. The molecule has 0 fully saturated rings. The van der Waals surface area contributed by atoms with Crippen LogP contribution in [0.3, 0.4) is 0 Å². The lowest BCUT2D eigenvalue weighted by Gasteiger charge is -2.12. The molecular weight excluding hydrogens is 260 g/mol. The molecule has 0 saturated heterocycles. The van der Waals surface area contributed by atoms with Crippen LogP contribution in [0.2, 0.25) is 0 Å². The van der Waals surface area contributed by atoms with Crippen molar-refractivity contribution in [1.29, 1.82) is 0 Å². The van der Waals surface area contributed by atoms with Gasteiger partial charge in [-0.3, -0.25) is 0 Å². The van der Waals surface area contributed by atoms with Gasteiger partial charge in [-0.1, -0.05) is 0 Å². The van der Waals surface area contributed by atoms with Crippen molar-refractivity contribution in [2.75, 3.05) is 30.3 Å². The Morgan fingerprint density at radius 1 is 1.16 bits per heavy atom. The summed E-state index contributed by atoms with van der Waals surface area (Å²) in [7, 11) is 0. The first-order valence-electron chi connectivity index (χ1n) is 5.89. The highest BCUT2D eigenvalue weighted by atomic mass is 19.3. The number of alkyl halides is 2. The van der Waals surface area contributed by atoms with Crippen LogP contribution in [-0.4, -0.2) is 52.3 Å². The summed E-state index contributed by atoms with van der Waals surface area (Å²) >= 11 is 0. The van der Waals surface area contributed by atoms with Gasteiger partial charge in [0.25, 0.3) is 6.43 Å². The minimum atomic E-state index is -2.83. The van der Waals surface area contributed by atoms with Gasteiger partial charge in [0, 0.05) is 13.1 Å². The minimum absolute atomic E-state index is 0.0640. The monoisotopic (exact) mass is 277 g/mol. The molecule has 1 rings (SSSR count). The molecule has 19 heavy (non-hydrogen) atoms. The Labute approximate surface area is 109 Å².